The standard InChI is InChI=1S/C8H10Br2O2/c9-6(11)8(7(10)12)4-2-1-3-5-8/h1-5H2. The van der Waals surface area contributed by atoms with Crippen LogP contribution in [-0.2, 0) is 9.59 Å². The van der Waals surface area contributed by atoms with Crippen molar-refractivity contribution >= 4 is 41.2 Å². The van der Waals surface area contributed by atoms with Crippen LogP contribution in [0.15, 0.2) is 0 Å². The maximum Gasteiger partial charge on any atom is 0.212 e. The summed E-state index contributed by atoms with van der Waals surface area (Å²) >= 11 is 5.81. The summed E-state index contributed by atoms with van der Waals surface area (Å²) < 4.78 is -0.340. The third-order valence-electron chi connectivity index (χ3n) is 2.46. The van der Waals surface area contributed by atoms with Crippen molar-refractivity contribution in [1.29, 1.82) is 0 Å². The first-order valence-corrected chi connectivity index (χ1v) is 5.58. The number of carbonyl (C=O) groups excluding carboxylic acids is 2. The second-order valence-electron chi connectivity index (χ2n) is 3.19. The lowest BCUT2D eigenvalue weighted by Gasteiger charge is -2.30. The molecule has 2 nitrogen and oxygen atoms in total. The van der Waals surface area contributed by atoms with Crippen molar-refractivity contribution in [2.24, 2.45) is 5.41 Å². The highest BCUT2D eigenvalue weighted by Crippen LogP contribution is 2.41. The van der Waals surface area contributed by atoms with Crippen LogP contribution in [0.5, 0.6) is 0 Å². The fourth-order valence-corrected chi connectivity index (χ4v) is 3.04. The second kappa shape index (κ2) is 4.01. The predicted molar refractivity (Wildman–Crippen MR) is 53.4 cm³/mol. The third-order valence-corrected chi connectivity index (χ3v) is 3.98. The van der Waals surface area contributed by atoms with Gasteiger partial charge in [0.25, 0.3) is 0 Å². The van der Waals surface area contributed by atoms with Crippen molar-refractivity contribution in [3.05, 3.63) is 0 Å². The van der Waals surface area contributed by atoms with E-state index in [2.05, 4.69) is 31.9 Å². The Labute approximate surface area is 88.3 Å². The van der Waals surface area contributed by atoms with E-state index in [-0.39, 0.29) is 9.39 Å². The van der Waals surface area contributed by atoms with E-state index >= 15 is 0 Å². The molecular formula is C8H10Br2O2. The molecule has 68 valence electrons. The van der Waals surface area contributed by atoms with E-state index in [1.165, 1.54) is 0 Å². The highest BCUT2D eigenvalue weighted by Gasteiger charge is 2.43. The van der Waals surface area contributed by atoms with Crippen molar-refractivity contribution in [2.75, 3.05) is 0 Å². The lowest BCUT2D eigenvalue weighted by Crippen LogP contribution is -2.35. The SMILES string of the molecule is O=C(Br)C1(C(=O)Br)CCCCC1. The first kappa shape index (κ1) is 10.4. The average molecular weight is 298 g/mol. The highest BCUT2D eigenvalue weighted by atomic mass is 79.9. The molecule has 0 aromatic heterocycles. The minimum absolute atomic E-state index is 0.170. The summed E-state index contributed by atoms with van der Waals surface area (Å²) in [7, 11) is 0. The maximum absolute atomic E-state index is 11.2. The number of carbonyl (C=O) groups is 2. The van der Waals surface area contributed by atoms with E-state index < -0.39 is 5.41 Å². The van der Waals surface area contributed by atoms with Crippen LogP contribution in [-0.4, -0.2) is 9.39 Å². The summed E-state index contributed by atoms with van der Waals surface area (Å²) in [6.07, 6.45) is 4.42. The molecule has 0 aromatic carbocycles. The fraction of sp³-hybridized carbons (Fsp3) is 0.750. The van der Waals surface area contributed by atoms with Crippen LogP contribution in [0.3, 0.4) is 0 Å². The Balaban J connectivity index is 2.84. The molecular weight excluding hydrogens is 288 g/mol. The van der Waals surface area contributed by atoms with Crippen LogP contribution in [0.1, 0.15) is 32.1 Å². The molecule has 0 bridgehead atoms. The summed E-state index contributed by atoms with van der Waals surface area (Å²) in [5, 5.41) is 0. The minimum Gasteiger partial charge on any atom is -0.286 e. The average Bonchev–Trinajstić information content (AvgIpc) is 2.05. The van der Waals surface area contributed by atoms with Gasteiger partial charge < -0.3 is 0 Å². The molecule has 0 N–H and O–H groups in total. The molecule has 0 unspecified atom stereocenters. The molecule has 1 aliphatic rings. The van der Waals surface area contributed by atoms with Crippen LogP contribution in [0.25, 0.3) is 0 Å². The molecule has 4 heteroatoms. The highest BCUT2D eigenvalue weighted by molar-refractivity contribution is 9.19. The Kier molecular flexibility index (Phi) is 3.47. The molecule has 0 heterocycles. The molecule has 0 saturated heterocycles. The summed E-state index contributed by atoms with van der Waals surface area (Å²) in [5.74, 6) is 0. The van der Waals surface area contributed by atoms with Crippen LogP contribution in [0, 0.1) is 5.41 Å². The van der Waals surface area contributed by atoms with Gasteiger partial charge in [-0.3, -0.25) is 9.59 Å². The van der Waals surface area contributed by atoms with Crippen molar-refractivity contribution in [3.63, 3.8) is 0 Å². The number of halogens is 2. The van der Waals surface area contributed by atoms with Gasteiger partial charge >= 0.3 is 0 Å². The Morgan fingerprint density at radius 2 is 1.33 bits per heavy atom. The van der Waals surface area contributed by atoms with E-state index in [4.69, 9.17) is 0 Å². The van der Waals surface area contributed by atoms with E-state index in [9.17, 15) is 9.59 Å². The quantitative estimate of drug-likeness (QED) is 0.580. The van der Waals surface area contributed by atoms with Crippen LogP contribution in [0.2, 0.25) is 0 Å². The third kappa shape index (κ3) is 1.79. The molecule has 0 amide bonds. The van der Waals surface area contributed by atoms with E-state index in [0.29, 0.717) is 12.8 Å². The number of hydrogen-bond acceptors (Lipinski definition) is 2. The van der Waals surface area contributed by atoms with E-state index in [1.807, 2.05) is 0 Å². The number of rotatable bonds is 2. The lowest BCUT2D eigenvalue weighted by atomic mass is 9.76. The Bertz CT molecular complexity index is 191. The molecule has 1 fully saturated rings. The van der Waals surface area contributed by atoms with Gasteiger partial charge in [-0.25, -0.2) is 0 Å². The molecule has 0 aromatic rings. The molecule has 1 rings (SSSR count). The Hall–Kier alpha value is 0.300. The first-order chi connectivity index (χ1) is 5.59. The predicted octanol–water partition coefficient (Wildman–Crippen LogP) is 2.78. The largest absolute Gasteiger partial charge is 0.286 e. The van der Waals surface area contributed by atoms with Gasteiger partial charge in [-0.2, -0.15) is 0 Å². The van der Waals surface area contributed by atoms with Crippen LogP contribution in [0.4, 0.5) is 0 Å². The van der Waals surface area contributed by atoms with E-state index in [0.717, 1.165) is 19.3 Å². The minimum atomic E-state index is -0.766. The zero-order valence-corrected chi connectivity index (χ0v) is 9.78. The molecule has 12 heavy (non-hydrogen) atoms. The molecule has 0 aliphatic heterocycles. The Morgan fingerprint density at radius 1 is 0.917 bits per heavy atom. The fourth-order valence-electron chi connectivity index (χ4n) is 1.63. The molecule has 0 radical (unpaired) electrons. The molecule has 0 atom stereocenters. The summed E-state index contributed by atoms with van der Waals surface area (Å²) in [6.45, 7) is 0. The summed E-state index contributed by atoms with van der Waals surface area (Å²) in [6, 6.07) is 0. The number of hydrogen-bond donors (Lipinski definition) is 0. The van der Waals surface area contributed by atoms with Crippen molar-refractivity contribution in [1.82, 2.24) is 0 Å². The normalized spacial score (nSPS) is 21.8. The van der Waals surface area contributed by atoms with Gasteiger partial charge in [0.15, 0.2) is 0 Å². The van der Waals surface area contributed by atoms with Crippen molar-refractivity contribution < 1.29 is 9.59 Å². The summed E-state index contributed by atoms with van der Waals surface area (Å²) in [5.41, 5.74) is -0.766. The monoisotopic (exact) mass is 296 g/mol. The van der Waals surface area contributed by atoms with Gasteiger partial charge in [-0.05, 0) is 44.7 Å². The zero-order chi connectivity index (χ0) is 9.19. The van der Waals surface area contributed by atoms with Gasteiger partial charge in [0.2, 0.25) is 9.39 Å². The summed E-state index contributed by atoms with van der Waals surface area (Å²) in [4.78, 5) is 22.5. The van der Waals surface area contributed by atoms with Gasteiger partial charge in [0.05, 0.1) is 0 Å². The second-order valence-corrected chi connectivity index (χ2v) is 4.63. The lowest BCUT2D eigenvalue weighted by molar-refractivity contribution is -0.131. The maximum atomic E-state index is 11.2. The van der Waals surface area contributed by atoms with Gasteiger partial charge in [0.1, 0.15) is 5.41 Å². The van der Waals surface area contributed by atoms with Gasteiger partial charge in [-0.1, -0.05) is 19.3 Å². The molecule has 1 saturated carbocycles. The zero-order valence-electron chi connectivity index (χ0n) is 6.61. The van der Waals surface area contributed by atoms with E-state index in [1.54, 1.807) is 0 Å². The van der Waals surface area contributed by atoms with Crippen molar-refractivity contribution in [2.45, 2.75) is 32.1 Å². The van der Waals surface area contributed by atoms with Crippen LogP contribution < -0.4 is 0 Å². The van der Waals surface area contributed by atoms with Gasteiger partial charge in [-0.15, -0.1) is 0 Å². The Morgan fingerprint density at radius 3 is 1.58 bits per heavy atom. The smallest absolute Gasteiger partial charge is 0.212 e. The first-order valence-electron chi connectivity index (χ1n) is 3.99. The van der Waals surface area contributed by atoms with Crippen LogP contribution >= 0.6 is 31.9 Å². The molecule has 1 aliphatic carbocycles. The van der Waals surface area contributed by atoms with Gasteiger partial charge in [0, 0.05) is 0 Å². The topological polar surface area (TPSA) is 34.1 Å². The molecule has 0 spiro atoms. The van der Waals surface area contributed by atoms with Crippen molar-refractivity contribution in [3.8, 4) is 0 Å².